The van der Waals surface area contributed by atoms with Crippen molar-refractivity contribution < 1.29 is 57.2 Å². The van der Waals surface area contributed by atoms with E-state index in [4.69, 9.17) is 28.4 Å². The molecule has 6 N–H and O–H groups in total. The van der Waals surface area contributed by atoms with Gasteiger partial charge in [0.05, 0.1) is 91.7 Å². The lowest BCUT2D eigenvalue weighted by Crippen LogP contribution is -2.23. The van der Waals surface area contributed by atoms with Crippen LogP contribution in [0.2, 0.25) is 0 Å². The summed E-state index contributed by atoms with van der Waals surface area (Å²) in [6.07, 6.45) is 9.39. The molecule has 0 saturated heterocycles. The Morgan fingerprint density at radius 3 is 0.618 bits per heavy atom. The number of carbonyl (C=O) groups is 6. The number of nitrogens with zero attached hydrogens (tertiary/aromatic N) is 6. The van der Waals surface area contributed by atoms with E-state index in [0.29, 0.717) is 16.7 Å². The molecule has 0 aliphatic rings. The predicted molar refractivity (Wildman–Crippen MR) is 401 cm³/mol. The van der Waals surface area contributed by atoms with Gasteiger partial charge in [-0.05, 0) is 162 Å². The van der Waals surface area contributed by atoms with Gasteiger partial charge in [0.25, 0.3) is 35.4 Å². The molecule has 6 amide bonds. The van der Waals surface area contributed by atoms with Crippen LogP contribution in [0.25, 0.3) is 33.4 Å². The normalized spacial score (nSPS) is 11.9. The van der Waals surface area contributed by atoms with Gasteiger partial charge in [0.15, 0.2) is 0 Å². The molecule has 534 valence electrons. The first-order valence-electron chi connectivity index (χ1n) is 33.5. The lowest BCUT2D eigenvalue weighted by atomic mass is 9.92. The van der Waals surface area contributed by atoms with Crippen molar-refractivity contribution in [3.63, 3.8) is 0 Å². The number of rotatable bonds is 30. The Bertz CT molecular complexity index is 3860. The van der Waals surface area contributed by atoms with Crippen molar-refractivity contribution in [2.24, 2.45) is 46.9 Å². The Labute approximate surface area is 595 Å². The number of hydrogen-bond acceptors (Lipinski definition) is 18. The predicted octanol–water partition coefficient (Wildman–Crippen LogP) is 13.7. The summed E-state index contributed by atoms with van der Waals surface area (Å²) in [5.41, 5.74) is 22.5. The Kier molecular flexibility index (Phi) is 27.6. The Balaban J connectivity index is 1.15. The molecule has 0 spiro atoms. The van der Waals surface area contributed by atoms with Crippen LogP contribution in [-0.4, -0.2) is 112 Å². The molecule has 0 radical (unpaired) electrons. The third kappa shape index (κ3) is 22.9. The highest BCUT2D eigenvalue weighted by atomic mass is 16.5. The van der Waals surface area contributed by atoms with E-state index in [1.807, 2.05) is 135 Å². The highest BCUT2D eigenvalue weighted by molar-refractivity contribution is 6.05. The van der Waals surface area contributed by atoms with E-state index < -0.39 is 35.4 Å². The standard InChI is InChI=1S/C78H90N12O12/c1-16-97-64-40-61(73(94)88-82-46-76(7,8)9)67(100-19-4)37-58(64)70(91)85-79-43-49-22-28-52(29-23-49)55-34-56(53-30-24-50(25-31-53)44-80-86-71(92)59-38-68(101-20-5)62(41-65(59)98-17-2)74(95)89-83-47-77(10,11)12)36-57(35-55)54-32-26-51(27-33-54)45-81-87-72(93)60-39-69(102-21-6)63(42-66(60)99-18-3)75(96)90-84-48-78(13,14)15/h22-48H,16-21H2,1-15H3,(H,85,91)(H,86,92)(H,87,93)(H,88,94)(H,89,95)(H,90,96)/b79-43+,80-44+,81-45+,82-46+,83-47+,84-48+. The number of hydrogen-bond donors (Lipinski definition) is 6. The van der Waals surface area contributed by atoms with Crippen molar-refractivity contribution in [2.45, 2.75) is 104 Å². The molecule has 7 rings (SSSR count). The summed E-state index contributed by atoms with van der Waals surface area (Å²) in [6, 6.07) is 37.8. The largest absolute Gasteiger partial charge is 0.493 e. The minimum Gasteiger partial charge on any atom is -0.493 e. The molecule has 24 nitrogen and oxygen atoms in total. The first-order chi connectivity index (χ1) is 48.6. The monoisotopic (exact) mass is 1390 g/mol. The Morgan fingerprint density at radius 1 is 0.275 bits per heavy atom. The highest BCUT2D eigenvalue weighted by Gasteiger charge is 2.26. The fraction of sp³-hybridized carbons (Fsp3) is 0.308. The van der Waals surface area contributed by atoms with Gasteiger partial charge in [0.1, 0.15) is 34.5 Å². The Hall–Kier alpha value is -11.8. The molecule has 0 heterocycles. The third-order valence-electron chi connectivity index (χ3n) is 14.2. The topological polar surface area (TPSA) is 304 Å². The smallest absolute Gasteiger partial charge is 0.275 e. The highest BCUT2D eigenvalue weighted by Crippen LogP contribution is 2.36. The first kappa shape index (κ1) is 77.5. The van der Waals surface area contributed by atoms with Crippen molar-refractivity contribution in [1.29, 1.82) is 0 Å². The van der Waals surface area contributed by atoms with Crippen LogP contribution in [0.1, 0.15) is 183 Å². The number of amides is 6. The van der Waals surface area contributed by atoms with Gasteiger partial charge in [0.2, 0.25) is 0 Å². The molecule has 7 aromatic carbocycles. The maximum atomic E-state index is 13.7. The summed E-state index contributed by atoms with van der Waals surface area (Å²) in [6.45, 7) is 29.5. The van der Waals surface area contributed by atoms with E-state index in [-0.39, 0.29) is 124 Å². The van der Waals surface area contributed by atoms with E-state index in [2.05, 4.69) is 81.4 Å². The average Bonchev–Trinajstić information content (AvgIpc) is 0.820. The van der Waals surface area contributed by atoms with Crippen molar-refractivity contribution in [1.82, 2.24) is 32.6 Å². The van der Waals surface area contributed by atoms with Gasteiger partial charge in [-0.2, -0.15) is 30.6 Å². The van der Waals surface area contributed by atoms with Gasteiger partial charge in [-0.25, -0.2) is 32.6 Å². The molecule has 24 heteroatoms. The van der Waals surface area contributed by atoms with Crippen LogP contribution in [-0.2, 0) is 0 Å². The summed E-state index contributed by atoms with van der Waals surface area (Å²) in [4.78, 5) is 81.0. The first-order valence-corrected chi connectivity index (χ1v) is 33.5. The van der Waals surface area contributed by atoms with Gasteiger partial charge in [-0.1, -0.05) is 135 Å². The Morgan fingerprint density at radius 2 is 0.451 bits per heavy atom. The van der Waals surface area contributed by atoms with Gasteiger partial charge in [0, 0.05) is 18.6 Å². The van der Waals surface area contributed by atoms with E-state index in [9.17, 15) is 28.8 Å². The van der Waals surface area contributed by atoms with Crippen molar-refractivity contribution in [3.8, 4) is 67.9 Å². The zero-order valence-electron chi connectivity index (χ0n) is 60.4. The molecule has 7 aromatic rings. The average molecular weight is 1390 g/mol. The second-order valence-corrected chi connectivity index (χ2v) is 26.1. The molecule has 0 unspecified atom stereocenters. The van der Waals surface area contributed by atoms with Gasteiger partial charge in [-0.15, -0.1) is 0 Å². The van der Waals surface area contributed by atoms with E-state index >= 15 is 0 Å². The summed E-state index contributed by atoms with van der Waals surface area (Å²) < 4.78 is 34.9. The van der Waals surface area contributed by atoms with E-state index in [1.54, 1.807) is 60.2 Å². The van der Waals surface area contributed by atoms with Crippen molar-refractivity contribution in [2.75, 3.05) is 39.6 Å². The van der Waals surface area contributed by atoms with Crippen LogP contribution >= 0.6 is 0 Å². The maximum absolute atomic E-state index is 13.7. The second kappa shape index (κ2) is 36.3. The number of nitrogens with one attached hydrogen (secondary N) is 6. The van der Waals surface area contributed by atoms with Crippen LogP contribution < -0.4 is 61.0 Å². The third-order valence-corrected chi connectivity index (χ3v) is 14.2. The van der Waals surface area contributed by atoms with Crippen LogP contribution in [0, 0.1) is 16.2 Å². The molecule has 0 aliphatic carbocycles. The zero-order valence-corrected chi connectivity index (χ0v) is 60.4. The molecule has 102 heavy (non-hydrogen) atoms. The molecule has 0 bridgehead atoms. The van der Waals surface area contributed by atoms with Crippen LogP contribution in [0.3, 0.4) is 0 Å². The van der Waals surface area contributed by atoms with Crippen molar-refractivity contribution >= 4 is 72.7 Å². The zero-order chi connectivity index (χ0) is 74.2. The van der Waals surface area contributed by atoms with Crippen molar-refractivity contribution in [3.05, 3.63) is 177 Å². The summed E-state index contributed by atoms with van der Waals surface area (Å²) in [5, 5.41) is 25.1. The molecule has 0 saturated carbocycles. The fourth-order valence-electron chi connectivity index (χ4n) is 9.52. The summed E-state index contributed by atoms with van der Waals surface area (Å²) in [5.74, 6) is -2.42. The molecular weight excluding hydrogens is 1300 g/mol. The van der Waals surface area contributed by atoms with Crippen LogP contribution in [0.15, 0.2) is 158 Å². The lowest BCUT2D eigenvalue weighted by Gasteiger charge is -2.15. The summed E-state index contributed by atoms with van der Waals surface area (Å²) in [7, 11) is 0. The SMILES string of the molecule is CCOc1cc(C(=O)N/N=C/C(C)(C)C)c(OCC)cc1C(=O)N/N=C/c1ccc(-c2cc(-c3ccc(/C=N/NC(=O)c4cc(OCC)c(C(=O)N/N=C/C(C)(C)C)cc4OCC)cc3)cc(-c3ccc(/C=N/NC(=O)c4cc(OCC)c(C(=O)N/N=C/C(C)(C)C)cc4OCC)cc3)c2)cc1. The lowest BCUT2D eigenvalue weighted by molar-refractivity contribution is 0.0936. The molecular formula is C78H90N12O12. The molecule has 0 aliphatic heterocycles. The van der Waals surface area contributed by atoms with Crippen LogP contribution in [0.4, 0.5) is 0 Å². The van der Waals surface area contributed by atoms with E-state index in [0.717, 1.165) is 33.4 Å². The number of ether oxygens (including phenoxy) is 6. The number of benzene rings is 7. The maximum Gasteiger partial charge on any atom is 0.275 e. The molecule has 0 aromatic heterocycles. The summed E-state index contributed by atoms with van der Waals surface area (Å²) >= 11 is 0. The molecule has 0 atom stereocenters. The minimum atomic E-state index is -0.593. The molecule has 0 fully saturated rings. The van der Waals surface area contributed by atoms with Gasteiger partial charge >= 0.3 is 0 Å². The number of carbonyl (C=O) groups excluding carboxylic acids is 6. The fourth-order valence-corrected chi connectivity index (χ4v) is 9.52. The minimum absolute atomic E-state index is 0.108. The van der Waals surface area contributed by atoms with Crippen LogP contribution in [0.5, 0.6) is 34.5 Å². The van der Waals surface area contributed by atoms with E-state index in [1.165, 1.54) is 55.0 Å². The second-order valence-electron chi connectivity index (χ2n) is 26.1. The van der Waals surface area contributed by atoms with Gasteiger partial charge in [-0.3, -0.25) is 28.8 Å². The number of hydrazone groups is 6. The van der Waals surface area contributed by atoms with Gasteiger partial charge < -0.3 is 28.4 Å². The quantitative estimate of drug-likeness (QED) is 0.0181.